The fraction of sp³-hybridized carbons (Fsp3) is 0.467. The minimum Gasteiger partial charge on any atom is -0.344 e. The lowest BCUT2D eigenvalue weighted by Crippen LogP contribution is -2.05. The van der Waals surface area contributed by atoms with Gasteiger partial charge in [-0.25, -0.2) is 0 Å². The maximum absolute atomic E-state index is 6.08. The number of aromatic nitrogens is 1. The van der Waals surface area contributed by atoms with Crippen LogP contribution in [0.15, 0.2) is 30.5 Å². The van der Waals surface area contributed by atoms with Crippen LogP contribution in [0.3, 0.4) is 0 Å². The molecule has 2 aromatic rings. The van der Waals surface area contributed by atoms with Crippen molar-refractivity contribution >= 4 is 10.9 Å². The quantitative estimate of drug-likeness (QED) is 0.833. The lowest BCUT2D eigenvalue weighted by Gasteiger charge is -2.13. The highest BCUT2D eigenvalue weighted by Gasteiger charge is 2.20. The van der Waals surface area contributed by atoms with Crippen molar-refractivity contribution in [2.45, 2.75) is 44.7 Å². The second-order valence-electron chi connectivity index (χ2n) is 5.24. The van der Waals surface area contributed by atoms with Gasteiger partial charge >= 0.3 is 0 Å². The van der Waals surface area contributed by atoms with Gasteiger partial charge in [0.05, 0.1) is 0 Å². The summed E-state index contributed by atoms with van der Waals surface area (Å²) >= 11 is 0. The second kappa shape index (κ2) is 4.19. The normalized spacial score (nSPS) is 18.9. The highest BCUT2D eigenvalue weighted by Crippen LogP contribution is 2.35. The van der Waals surface area contributed by atoms with E-state index in [1.165, 1.54) is 42.1 Å². The van der Waals surface area contributed by atoms with E-state index < -0.39 is 0 Å². The van der Waals surface area contributed by atoms with Crippen LogP contribution in [0.1, 0.15) is 50.3 Å². The van der Waals surface area contributed by atoms with Crippen LogP contribution >= 0.6 is 0 Å². The molecule has 0 amide bonds. The Balaban J connectivity index is 2.17. The molecule has 1 aliphatic carbocycles. The second-order valence-corrected chi connectivity index (χ2v) is 5.24. The van der Waals surface area contributed by atoms with E-state index >= 15 is 0 Å². The molecule has 0 bridgehead atoms. The van der Waals surface area contributed by atoms with E-state index in [1.54, 1.807) is 0 Å². The summed E-state index contributed by atoms with van der Waals surface area (Å²) in [4.78, 5) is 0. The molecule has 1 aliphatic rings. The number of hydrogen-bond donors (Lipinski definition) is 1. The molecule has 1 unspecified atom stereocenters. The SMILES string of the molecule is CC(N)c1cn(C2CCCC2)c2ccccc12. The molecule has 2 heteroatoms. The number of nitrogens with zero attached hydrogens (tertiary/aromatic N) is 1. The molecular formula is C15H20N2. The van der Waals surface area contributed by atoms with Crippen LogP contribution in [0.5, 0.6) is 0 Å². The molecule has 0 radical (unpaired) electrons. The predicted octanol–water partition coefficient (Wildman–Crippen LogP) is 3.78. The lowest BCUT2D eigenvalue weighted by atomic mass is 10.1. The summed E-state index contributed by atoms with van der Waals surface area (Å²) in [5.74, 6) is 0. The van der Waals surface area contributed by atoms with Gasteiger partial charge in [0, 0.05) is 29.2 Å². The zero-order chi connectivity index (χ0) is 11.8. The highest BCUT2D eigenvalue weighted by atomic mass is 15.0. The van der Waals surface area contributed by atoms with Crippen LogP contribution in [0.2, 0.25) is 0 Å². The molecule has 1 saturated carbocycles. The van der Waals surface area contributed by atoms with Gasteiger partial charge in [-0.3, -0.25) is 0 Å². The van der Waals surface area contributed by atoms with Gasteiger partial charge in [0.2, 0.25) is 0 Å². The van der Waals surface area contributed by atoms with Crippen LogP contribution in [-0.4, -0.2) is 4.57 Å². The molecule has 17 heavy (non-hydrogen) atoms. The number of para-hydroxylation sites is 1. The topological polar surface area (TPSA) is 30.9 Å². The molecule has 0 saturated heterocycles. The van der Waals surface area contributed by atoms with E-state index in [-0.39, 0.29) is 6.04 Å². The highest BCUT2D eigenvalue weighted by molar-refractivity contribution is 5.84. The van der Waals surface area contributed by atoms with Gasteiger partial charge < -0.3 is 10.3 Å². The molecule has 1 fully saturated rings. The molecule has 90 valence electrons. The molecule has 0 aliphatic heterocycles. The smallest absolute Gasteiger partial charge is 0.0486 e. The van der Waals surface area contributed by atoms with Gasteiger partial charge in [-0.15, -0.1) is 0 Å². The molecule has 2 nitrogen and oxygen atoms in total. The van der Waals surface area contributed by atoms with Crippen molar-refractivity contribution in [3.05, 3.63) is 36.0 Å². The lowest BCUT2D eigenvalue weighted by molar-refractivity contribution is 0.533. The van der Waals surface area contributed by atoms with Crippen molar-refractivity contribution in [3.63, 3.8) is 0 Å². The van der Waals surface area contributed by atoms with Gasteiger partial charge in [0.15, 0.2) is 0 Å². The molecular weight excluding hydrogens is 208 g/mol. The van der Waals surface area contributed by atoms with Crippen molar-refractivity contribution in [1.29, 1.82) is 0 Å². The van der Waals surface area contributed by atoms with E-state index in [0.29, 0.717) is 6.04 Å². The zero-order valence-electron chi connectivity index (χ0n) is 10.4. The monoisotopic (exact) mass is 228 g/mol. The first-order chi connectivity index (χ1) is 8.27. The third kappa shape index (κ3) is 1.77. The summed E-state index contributed by atoms with van der Waals surface area (Å²) < 4.78 is 2.46. The Labute approximate surface area is 102 Å². The predicted molar refractivity (Wildman–Crippen MR) is 72.0 cm³/mol. The summed E-state index contributed by atoms with van der Waals surface area (Å²) in [6, 6.07) is 9.44. The first kappa shape index (κ1) is 10.8. The van der Waals surface area contributed by atoms with Crippen LogP contribution in [-0.2, 0) is 0 Å². The molecule has 3 rings (SSSR count). The summed E-state index contributed by atoms with van der Waals surface area (Å²) in [6.07, 6.45) is 7.65. The minimum atomic E-state index is 0.113. The van der Waals surface area contributed by atoms with Crippen LogP contribution in [0, 0.1) is 0 Å². The molecule has 1 aromatic heterocycles. The van der Waals surface area contributed by atoms with Crippen LogP contribution < -0.4 is 5.73 Å². The number of fused-ring (bicyclic) bond motifs is 1. The number of nitrogens with two attached hydrogens (primary N) is 1. The standard InChI is InChI=1S/C15H20N2/c1-11(16)14-10-17(12-6-2-3-7-12)15-9-5-4-8-13(14)15/h4-5,8-12H,2-3,6-7,16H2,1H3. The molecule has 0 spiro atoms. The first-order valence-electron chi connectivity index (χ1n) is 6.62. The van der Waals surface area contributed by atoms with Gasteiger partial charge in [-0.2, -0.15) is 0 Å². The number of hydrogen-bond acceptors (Lipinski definition) is 1. The average Bonchev–Trinajstić information content (AvgIpc) is 2.95. The summed E-state index contributed by atoms with van der Waals surface area (Å²) in [7, 11) is 0. The Hall–Kier alpha value is -1.28. The van der Waals surface area contributed by atoms with Crippen LogP contribution in [0.25, 0.3) is 10.9 Å². The van der Waals surface area contributed by atoms with E-state index in [9.17, 15) is 0 Å². The van der Waals surface area contributed by atoms with Gasteiger partial charge in [-0.05, 0) is 31.4 Å². The Morgan fingerprint density at radius 1 is 1.24 bits per heavy atom. The van der Waals surface area contributed by atoms with Gasteiger partial charge in [0.1, 0.15) is 0 Å². The maximum atomic E-state index is 6.08. The van der Waals surface area contributed by atoms with Crippen molar-refractivity contribution in [3.8, 4) is 0 Å². The number of rotatable bonds is 2. The average molecular weight is 228 g/mol. The first-order valence-corrected chi connectivity index (χ1v) is 6.62. The fourth-order valence-electron chi connectivity index (χ4n) is 3.08. The van der Waals surface area contributed by atoms with E-state index in [2.05, 4.69) is 42.0 Å². The van der Waals surface area contributed by atoms with Crippen molar-refractivity contribution < 1.29 is 0 Å². The maximum Gasteiger partial charge on any atom is 0.0486 e. The Kier molecular flexibility index (Phi) is 2.67. The van der Waals surface area contributed by atoms with E-state index in [0.717, 1.165) is 0 Å². The Morgan fingerprint density at radius 3 is 2.65 bits per heavy atom. The van der Waals surface area contributed by atoms with E-state index in [1.807, 2.05) is 0 Å². The minimum absolute atomic E-state index is 0.113. The van der Waals surface area contributed by atoms with Crippen molar-refractivity contribution in [1.82, 2.24) is 4.57 Å². The Bertz CT molecular complexity index is 519. The Morgan fingerprint density at radius 2 is 1.94 bits per heavy atom. The number of benzene rings is 1. The zero-order valence-corrected chi connectivity index (χ0v) is 10.4. The molecule has 2 N–H and O–H groups in total. The van der Waals surface area contributed by atoms with Gasteiger partial charge in [-0.1, -0.05) is 31.0 Å². The fourth-order valence-corrected chi connectivity index (χ4v) is 3.08. The van der Waals surface area contributed by atoms with Crippen LogP contribution in [0.4, 0.5) is 0 Å². The van der Waals surface area contributed by atoms with Crippen molar-refractivity contribution in [2.24, 2.45) is 5.73 Å². The largest absolute Gasteiger partial charge is 0.344 e. The summed E-state index contributed by atoms with van der Waals surface area (Å²) in [5.41, 5.74) is 8.72. The van der Waals surface area contributed by atoms with Crippen molar-refractivity contribution in [2.75, 3.05) is 0 Å². The molecule has 1 heterocycles. The third-order valence-corrected chi connectivity index (χ3v) is 3.98. The summed E-state index contributed by atoms with van der Waals surface area (Å²) in [5, 5.41) is 1.33. The summed E-state index contributed by atoms with van der Waals surface area (Å²) in [6.45, 7) is 2.07. The molecule has 1 aromatic carbocycles. The van der Waals surface area contributed by atoms with E-state index in [4.69, 9.17) is 5.73 Å². The van der Waals surface area contributed by atoms with Gasteiger partial charge in [0.25, 0.3) is 0 Å². The third-order valence-electron chi connectivity index (χ3n) is 3.98. The molecule has 1 atom stereocenters.